The Hall–Kier alpha value is -3.56. The number of hydrogen-bond donors (Lipinski definition) is 3. The highest BCUT2D eigenvalue weighted by molar-refractivity contribution is 5.90. The first-order chi connectivity index (χ1) is 15.1. The van der Waals surface area contributed by atoms with E-state index in [-0.39, 0.29) is 17.9 Å². The van der Waals surface area contributed by atoms with E-state index in [0.29, 0.717) is 25.6 Å². The number of fused-ring (bicyclic) bond motifs is 1. The zero-order valence-corrected chi connectivity index (χ0v) is 17.0. The molecule has 10 heteroatoms. The van der Waals surface area contributed by atoms with E-state index in [1.807, 2.05) is 12.1 Å². The summed E-state index contributed by atoms with van der Waals surface area (Å²) in [4.78, 5) is 27.6. The van der Waals surface area contributed by atoms with Gasteiger partial charge in [-0.3, -0.25) is 4.79 Å². The molecule has 3 aliphatic rings. The van der Waals surface area contributed by atoms with Crippen molar-refractivity contribution in [2.24, 2.45) is 11.7 Å². The molecule has 1 aromatic carbocycles. The molecule has 31 heavy (non-hydrogen) atoms. The van der Waals surface area contributed by atoms with E-state index in [2.05, 4.69) is 24.8 Å². The monoisotopic (exact) mass is 420 g/mol. The molecule has 10 nitrogen and oxygen atoms in total. The summed E-state index contributed by atoms with van der Waals surface area (Å²) < 4.78 is 8.28. The Morgan fingerprint density at radius 2 is 2.13 bits per heavy atom. The molecular formula is C21H24N8O2. The van der Waals surface area contributed by atoms with Crippen LogP contribution in [0.1, 0.15) is 30.5 Å². The lowest BCUT2D eigenvalue weighted by molar-refractivity contribution is -0.119. The van der Waals surface area contributed by atoms with Crippen molar-refractivity contribution in [3.63, 3.8) is 0 Å². The van der Waals surface area contributed by atoms with E-state index in [0.717, 1.165) is 65.5 Å². The summed E-state index contributed by atoms with van der Waals surface area (Å²) >= 11 is 0. The number of ether oxygens (including phenoxy) is 1. The summed E-state index contributed by atoms with van der Waals surface area (Å²) in [5.41, 5.74) is 16.0. The first-order valence-electron chi connectivity index (χ1n) is 10.6. The molecule has 1 saturated carbocycles. The van der Waals surface area contributed by atoms with Gasteiger partial charge in [0.2, 0.25) is 17.8 Å². The number of imidazole rings is 1. The van der Waals surface area contributed by atoms with Crippen molar-refractivity contribution in [2.45, 2.75) is 44.9 Å². The third kappa shape index (κ3) is 3.09. The Kier molecular flexibility index (Phi) is 3.95. The summed E-state index contributed by atoms with van der Waals surface area (Å²) in [6.07, 6.45) is 4.72. The lowest BCUT2D eigenvalue weighted by Crippen LogP contribution is -2.37. The Balaban J connectivity index is 1.39. The van der Waals surface area contributed by atoms with Crippen molar-refractivity contribution in [3.8, 4) is 5.75 Å². The fourth-order valence-corrected chi connectivity index (χ4v) is 4.61. The summed E-state index contributed by atoms with van der Waals surface area (Å²) in [7, 11) is 0. The van der Waals surface area contributed by atoms with E-state index in [1.54, 1.807) is 6.20 Å². The van der Waals surface area contributed by atoms with Gasteiger partial charge >= 0.3 is 0 Å². The van der Waals surface area contributed by atoms with E-state index >= 15 is 0 Å². The molecule has 160 valence electrons. The lowest BCUT2D eigenvalue weighted by atomic mass is 10.1. The van der Waals surface area contributed by atoms with Crippen LogP contribution in [0.25, 0.3) is 11.0 Å². The smallest absolute Gasteiger partial charge is 0.240 e. The highest BCUT2D eigenvalue weighted by atomic mass is 16.5. The van der Waals surface area contributed by atoms with Gasteiger partial charge in [-0.25, -0.2) is 15.0 Å². The minimum absolute atomic E-state index is 0.290. The van der Waals surface area contributed by atoms with Crippen molar-refractivity contribution < 1.29 is 9.53 Å². The average molecular weight is 420 g/mol. The van der Waals surface area contributed by atoms with Crippen molar-refractivity contribution >= 4 is 34.5 Å². The Morgan fingerprint density at radius 1 is 1.26 bits per heavy atom. The second-order valence-electron chi connectivity index (χ2n) is 8.53. The summed E-state index contributed by atoms with van der Waals surface area (Å²) in [6.45, 7) is 2.77. The molecule has 2 aliphatic heterocycles. The number of primary amides is 1. The van der Waals surface area contributed by atoms with Crippen LogP contribution in [0.15, 0.2) is 18.3 Å². The Morgan fingerprint density at radius 3 is 2.94 bits per heavy atom. The number of rotatable bonds is 5. The molecule has 0 bridgehead atoms. The zero-order chi connectivity index (χ0) is 21.1. The minimum atomic E-state index is -0.367. The van der Waals surface area contributed by atoms with Crippen LogP contribution in [0.5, 0.6) is 5.75 Å². The van der Waals surface area contributed by atoms with E-state index in [1.165, 1.54) is 0 Å². The van der Waals surface area contributed by atoms with Crippen LogP contribution >= 0.6 is 0 Å². The van der Waals surface area contributed by atoms with Gasteiger partial charge in [0.05, 0.1) is 24.4 Å². The van der Waals surface area contributed by atoms with Crippen molar-refractivity contribution in [1.82, 2.24) is 19.5 Å². The van der Waals surface area contributed by atoms with Crippen LogP contribution < -0.4 is 26.4 Å². The third-order valence-electron chi connectivity index (χ3n) is 6.25. The molecule has 0 saturated heterocycles. The van der Waals surface area contributed by atoms with E-state index < -0.39 is 0 Å². The van der Waals surface area contributed by atoms with Gasteiger partial charge in [0, 0.05) is 36.6 Å². The molecule has 5 N–H and O–H groups in total. The van der Waals surface area contributed by atoms with Crippen LogP contribution in [0.4, 0.5) is 17.6 Å². The van der Waals surface area contributed by atoms with Gasteiger partial charge in [-0.15, -0.1) is 0 Å². The van der Waals surface area contributed by atoms with Crippen LogP contribution in [-0.2, 0) is 24.4 Å². The largest absolute Gasteiger partial charge is 0.491 e. The van der Waals surface area contributed by atoms with Gasteiger partial charge in [-0.2, -0.15) is 0 Å². The molecule has 6 rings (SSSR count). The Labute approximate surface area is 178 Å². The first kappa shape index (κ1) is 18.2. The Bertz CT molecular complexity index is 1200. The summed E-state index contributed by atoms with van der Waals surface area (Å²) in [6, 6.07) is 3.57. The molecule has 0 spiro atoms. The highest BCUT2D eigenvalue weighted by Crippen LogP contribution is 2.39. The predicted octanol–water partition coefficient (Wildman–Crippen LogP) is 1.39. The first-order valence-corrected chi connectivity index (χ1v) is 10.6. The molecular weight excluding hydrogens is 396 g/mol. The van der Waals surface area contributed by atoms with Gasteiger partial charge in [0.15, 0.2) is 0 Å². The van der Waals surface area contributed by atoms with Crippen molar-refractivity contribution in [1.29, 1.82) is 0 Å². The van der Waals surface area contributed by atoms with Crippen molar-refractivity contribution in [3.05, 3.63) is 29.6 Å². The second kappa shape index (κ2) is 6.73. The molecule has 2 aromatic heterocycles. The average Bonchev–Trinajstić information content (AvgIpc) is 3.43. The van der Waals surface area contributed by atoms with Gasteiger partial charge in [0.1, 0.15) is 17.3 Å². The van der Waals surface area contributed by atoms with Crippen LogP contribution in [0, 0.1) is 5.92 Å². The van der Waals surface area contributed by atoms with Gasteiger partial charge in [-0.1, -0.05) is 0 Å². The van der Waals surface area contributed by atoms with E-state index in [9.17, 15) is 4.79 Å². The molecule has 0 radical (unpaired) electrons. The number of carbonyl (C=O) groups is 1. The number of benzene rings is 1. The third-order valence-corrected chi connectivity index (χ3v) is 6.25. The topological polar surface area (TPSA) is 137 Å². The number of aryl methyl sites for hydroxylation is 1. The maximum Gasteiger partial charge on any atom is 0.240 e. The quantitative estimate of drug-likeness (QED) is 0.563. The number of anilines is 3. The summed E-state index contributed by atoms with van der Waals surface area (Å²) in [5.74, 6) is 1.92. The molecule has 0 unspecified atom stereocenters. The van der Waals surface area contributed by atoms with Gasteiger partial charge in [0.25, 0.3) is 0 Å². The molecule has 1 amide bonds. The van der Waals surface area contributed by atoms with Crippen LogP contribution in [-0.4, -0.2) is 38.1 Å². The number of nitrogen functional groups attached to an aromatic ring is 1. The van der Waals surface area contributed by atoms with Crippen LogP contribution in [0.2, 0.25) is 0 Å². The van der Waals surface area contributed by atoms with Gasteiger partial charge in [-0.05, 0) is 31.2 Å². The maximum absolute atomic E-state index is 11.9. The normalized spacial score (nSPS) is 18.4. The van der Waals surface area contributed by atoms with E-state index in [4.69, 9.17) is 21.2 Å². The standard InChI is InChI=1S/C21H24N8O2/c22-19(30)17(11-2-3-11)25-13-6-14-18-16(7-13)31-5-1-4-29(18)21(27-14)28-9-12-8-24-20(23)26-15(12)10-28/h6-8,11,17,25H,1-5,9-10H2,(H2,22,30)(H2,23,24,26)/t17-/m0/s1. The molecule has 1 fully saturated rings. The van der Waals surface area contributed by atoms with Crippen molar-refractivity contribution in [2.75, 3.05) is 22.6 Å². The number of nitrogens with zero attached hydrogens (tertiary/aromatic N) is 5. The molecule has 1 aliphatic carbocycles. The van der Waals surface area contributed by atoms with Gasteiger partial charge < -0.3 is 31.0 Å². The molecule has 3 aromatic rings. The molecule has 1 atom stereocenters. The number of amides is 1. The maximum atomic E-state index is 11.9. The van der Waals surface area contributed by atoms with Crippen LogP contribution in [0.3, 0.4) is 0 Å². The molecule has 4 heterocycles. The zero-order valence-electron chi connectivity index (χ0n) is 17.0. The number of hydrogen-bond acceptors (Lipinski definition) is 8. The minimum Gasteiger partial charge on any atom is -0.491 e. The fourth-order valence-electron chi connectivity index (χ4n) is 4.61. The lowest BCUT2D eigenvalue weighted by Gasteiger charge is -2.18. The SMILES string of the molecule is NC(=O)[C@@H](Nc1cc2c3c(c1)nc(N1Cc4cnc(N)nc4C1)n3CCCO2)C1CC1. The predicted molar refractivity (Wildman–Crippen MR) is 116 cm³/mol. The number of aromatic nitrogens is 4. The fraction of sp³-hybridized carbons (Fsp3) is 0.429. The highest BCUT2D eigenvalue weighted by Gasteiger charge is 2.35. The summed E-state index contributed by atoms with van der Waals surface area (Å²) in [5, 5.41) is 3.32. The second-order valence-corrected chi connectivity index (χ2v) is 8.53. The number of nitrogens with two attached hydrogens (primary N) is 2. The number of carbonyl (C=O) groups excluding carboxylic acids is 1. The number of nitrogens with one attached hydrogen (secondary N) is 1.